The molecule has 1 saturated carbocycles. The molecule has 4 rings (SSSR count). The molecule has 3 nitrogen and oxygen atoms in total. The third-order valence-electron chi connectivity index (χ3n) is 5.37. The van der Waals surface area contributed by atoms with Gasteiger partial charge < -0.3 is 4.90 Å². The third-order valence-corrected chi connectivity index (χ3v) is 5.37. The molecule has 2 aromatic rings. The van der Waals surface area contributed by atoms with Crippen LogP contribution in [0.15, 0.2) is 48.5 Å². The summed E-state index contributed by atoms with van der Waals surface area (Å²) in [4.78, 5) is 16.7. The van der Waals surface area contributed by atoms with Gasteiger partial charge in [0.2, 0.25) is 0 Å². The van der Waals surface area contributed by atoms with Crippen LogP contribution in [-0.4, -0.2) is 34.8 Å². The topological polar surface area (TPSA) is 23.6 Å². The maximum absolute atomic E-state index is 14.0. The molecular weight excluding hydrogens is 327 g/mol. The smallest absolute Gasteiger partial charge is 0.253 e. The van der Waals surface area contributed by atoms with Gasteiger partial charge in [0.15, 0.2) is 0 Å². The molecule has 26 heavy (non-hydrogen) atoms. The van der Waals surface area contributed by atoms with Crippen LogP contribution < -0.4 is 0 Å². The lowest BCUT2D eigenvalue weighted by molar-refractivity contribution is 0.0793. The summed E-state index contributed by atoms with van der Waals surface area (Å²) in [5.74, 6) is 0.00386. The number of hydrogen-bond acceptors (Lipinski definition) is 2. The number of nitrogens with zero attached hydrogens (tertiary/aromatic N) is 2. The lowest BCUT2D eigenvalue weighted by atomic mass is 10.1. The summed E-state index contributed by atoms with van der Waals surface area (Å²) in [5, 5.41) is 0. The molecule has 1 aliphatic heterocycles. The monoisotopic (exact) mass is 352 g/mol. The molecule has 0 aromatic heterocycles. The van der Waals surface area contributed by atoms with Gasteiger partial charge in [0.1, 0.15) is 5.82 Å². The molecule has 0 radical (unpaired) electrons. The summed E-state index contributed by atoms with van der Waals surface area (Å²) < 4.78 is 14.0. The Labute approximate surface area is 154 Å². The number of rotatable bonds is 6. The van der Waals surface area contributed by atoms with Gasteiger partial charge >= 0.3 is 0 Å². The van der Waals surface area contributed by atoms with Crippen LogP contribution in [0.3, 0.4) is 0 Å². The van der Waals surface area contributed by atoms with Crippen LogP contribution in [0.25, 0.3) is 0 Å². The fourth-order valence-electron chi connectivity index (χ4n) is 3.69. The van der Waals surface area contributed by atoms with Crippen LogP contribution in [0.2, 0.25) is 0 Å². The highest BCUT2D eigenvalue weighted by molar-refractivity contribution is 5.94. The molecule has 0 atom stereocenters. The van der Waals surface area contributed by atoms with Gasteiger partial charge in [-0.1, -0.05) is 30.3 Å². The Morgan fingerprint density at radius 3 is 2.35 bits per heavy atom. The maximum atomic E-state index is 14.0. The first kappa shape index (κ1) is 17.2. The van der Waals surface area contributed by atoms with Crippen molar-refractivity contribution in [3.8, 4) is 0 Å². The van der Waals surface area contributed by atoms with Gasteiger partial charge in [0.25, 0.3) is 5.91 Å². The Hall–Kier alpha value is -2.20. The van der Waals surface area contributed by atoms with Crippen LogP contribution in [0.5, 0.6) is 0 Å². The first-order chi connectivity index (χ1) is 12.7. The zero-order valence-corrected chi connectivity index (χ0v) is 15.0. The summed E-state index contributed by atoms with van der Waals surface area (Å²) in [6, 6.07) is 15.5. The summed E-state index contributed by atoms with van der Waals surface area (Å²) in [6.07, 6.45) is 4.58. The molecule has 1 amide bonds. The Morgan fingerprint density at radius 1 is 1.00 bits per heavy atom. The number of carbonyl (C=O) groups is 1. The van der Waals surface area contributed by atoms with Crippen molar-refractivity contribution in [2.75, 3.05) is 13.1 Å². The van der Waals surface area contributed by atoms with Crippen LogP contribution in [0.4, 0.5) is 4.39 Å². The van der Waals surface area contributed by atoms with Crippen LogP contribution >= 0.6 is 0 Å². The Kier molecular flexibility index (Phi) is 5.02. The van der Waals surface area contributed by atoms with E-state index >= 15 is 0 Å². The molecule has 0 spiro atoms. The molecule has 0 bridgehead atoms. The fraction of sp³-hybridized carbons (Fsp3) is 0.409. The van der Waals surface area contributed by atoms with Gasteiger partial charge in [0.05, 0.1) is 0 Å². The molecule has 0 unspecified atom stereocenters. The van der Waals surface area contributed by atoms with Crippen LogP contribution in [-0.2, 0) is 13.1 Å². The number of benzene rings is 2. The molecule has 1 heterocycles. The number of halogens is 1. The number of hydrogen-bond donors (Lipinski definition) is 0. The van der Waals surface area contributed by atoms with Crippen molar-refractivity contribution in [1.82, 2.24) is 9.80 Å². The van der Waals surface area contributed by atoms with E-state index in [9.17, 15) is 9.18 Å². The van der Waals surface area contributed by atoms with E-state index in [2.05, 4.69) is 4.90 Å². The lowest BCUT2D eigenvalue weighted by Crippen LogP contribution is -2.28. The van der Waals surface area contributed by atoms with Crippen molar-refractivity contribution in [2.45, 2.75) is 44.8 Å². The average Bonchev–Trinajstić information content (AvgIpc) is 3.37. The lowest BCUT2D eigenvalue weighted by Gasteiger charge is -2.23. The summed E-state index contributed by atoms with van der Waals surface area (Å²) >= 11 is 0. The zero-order chi connectivity index (χ0) is 17.9. The predicted octanol–water partition coefficient (Wildman–Crippen LogP) is 4.23. The molecule has 1 aliphatic carbocycles. The highest BCUT2D eigenvalue weighted by atomic mass is 19.1. The second-order valence-electron chi connectivity index (χ2n) is 7.42. The number of likely N-dealkylation sites (tertiary alicyclic amines) is 1. The average molecular weight is 352 g/mol. The first-order valence-corrected chi connectivity index (χ1v) is 9.56. The quantitative estimate of drug-likeness (QED) is 0.777. The van der Waals surface area contributed by atoms with Gasteiger partial charge in [-0.2, -0.15) is 0 Å². The minimum absolute atomic E-state index is 0.135. The summed E-state index contributed by atoms with van der Waals surface area (Å²) in [7, 11) is 0. The molecule has 2 aliphatic rings. The van der Waals surface area contributed by atoms with E-state index in [1.54, 1.807) is 6.07 Å². The van der Waals surface area contributed by atoms with Crippen molar-refractivity contribution in [1.29, 1.82) is 0 Å². The molecule has 136 valence electrons. The Balaban J connectivity index is 1.43. The largest absolute Gasteiger partial charge is 0.339 e. The van der Waals surface area contributed by atoms with E-state index in [0.717, 1.165) is 43.6 Å². The number of carbonyl (C=O) groups excluding carboxylic acids is 1. The van der Waals surface area contributed by atoms with Gasteiger partial charge in [0, 0.05) is 43.3 Å². The molecule has 4 heteroatoms. The van der Waals surface area contributed by atoms with Crippen LogP contribution in [0, 0.1) is 5.82 Å². The van der Waals surface area contributed by atoms with E-state index in [4.69, 9.17) is 0 Å². The molecular formula is C22H25FN2O. The third kappa shape index (κ3) is 3.96. The second kappa shape index (κ2) is 7.58. The standard InChI is InChI=1S/C22H25FN2O/c23-21-6-2-1-5-19(21)16-25(20-11-12-20)15-17-7-9-18(10-8-17)22(26)24-13-3-4-14-24/h1-2,5-10,20H,3-4,11-16H2. The van der Waals surface area contributed by atoms with Crippen molar-refractivity contribution < 1.29 is 9.18 Å². The summed E-state index contributed by atoms with van der Waals surface area (Å²) in [5.41, 5.74) is 2.69. The zero-order valence-electron chi connectivity index (χ0n) is 15.0. The van der Waals surface area contributed by atoms with Crippen molar-refractivity contribution in [3.63, 3.8) is 0 Å². The Bertz CT molecular complexity index is 764. The normalized spacial score (nSPS) is 17.1. The minimum atomic E-state index is -0.135. The van der Waals surface area contributed by atoms with E-state index in [1.165, 1.54) is 24.5 Å². The molecule has 0 N–H and O–H groups in total. The van der Waals surface area contributed by atoms with E-state index < -0.39 is 0 Å². The van der Waals surface area contributed by atoms with E-state index in [1.807, 2.05) is 41.3 Å². The first-order valence-electron chi connectivity index (χ1n) is 9.56. The predicted molar refractivity (Wildman–Crippen MR) is 100 cm³/mol. The summed E-state index contributed by atoms with van der Waals surface area (Å²) in [6.45, 7) is 3.17. The van der Waals surface area contributed by atoms with Gasteiger partial charge in [-0.3, -0.25) is 9.69 Å². The minimum Gasteiger partial charge on any atom is -0.339 e. The Morgan fingerprint density at radius 2 is 1.69 bits per heavy atom. The number of amides is 1. The highest BCUT2D eigenvalue weighted by Gasteiger charge is 2.29. The fourth-order valence-corrected chi connectivity index (χ4v) is 3.69. The highest BCUT2D eigenvalue weighted by Crippen LogP contribution is 2.30. The van der Waals surface area contributed by atoms with Gasteiger partial charge in [-0.05, 0) is 49.4 Å². The van der Waals surface area contributed by atoms with Crippen molar-refractivity contribution in [3.05, 3.63) is 71.0 Å². The molecule has 2 fully saturated rings. The van der Waals surface area contributed by atoms with Crippen molar-refractivity contribution >= 4 is 5.91 Å². The second-order valence-corrected chi connectivity index (χ2v) is 7.42. The van der Waals surface area contributed by atoms with E-state index in [-0.39, 0.29) is 11.7 Å². The van der Waals surface area contributed by atoms with Gasteiger partial charge in [-0.15, -0.1) is 0 Å². The van der Waals surface area contributed by atoms with Crippen LogP contribution in [0.1, 0.15) is 47.2 Å². The van der Waals surface area contributed by atoms with Gasteiger partial charge in [-0.25, -0.2) is 4.39 Å². The SMILES string of the molecule is O=C(c1ccc(CN(Cc2ccccc2F)C2CC2)cc1)N1CCCC1. The maximum Gasteiger partial charge on any atom is 0.253 e. The van der Waals surface area contributed by atoms with E-state index in [0.29, 0.717) is 12.6 Å². The molecule has 2 aromatic carbocycles. The van der Waals surface area contributed by atoms with Crippen molar-refractivity contribution in [2.24, 2.45) is 0 Å². The molecule has 1 saturated heterocycles.